The van der Waals surface area contributed by atoms with E-state index in [2.05, 4.69) is 30.3 Å². The highest BCUT2D eigenvalue weighted by molar-refractivity contribution is 7.47. The van der Waals surface area contributed by atoms with Gasteiger partial charge in [0.05, 0.1) is 106 Å². The average molecular weight is 1620 g/mol. The van der Waals surface area contributed by atoms with Crippen molar-refractivity contribution in [2.24, 2.45) is 0 Å². The Labute approximate surface area is 684 Å². The summed E-state index contributed by atoms with van der Waals surface area (Å²) in [7, 11) is -2.42. The van der Waals surface area contributed by atoms with Crippen LogP contribution in [0.3, 0.4) is 0 Å². The molecule has 0 saturated carbocycles. The van der Waals surface area contributed by atoms with Gasteiger partial charge in [0.1, 0.15) is 72.9 Å². The number of phosphoric acid groups is 1. The SMILES string of the molecule is COC1C(OCC(OCc2ccccc2)C(OCc2ccccc2)C(COP(=O)(O)OC2C(COCc3ccccc3)OC(OCC(OCc3ccccc3)C(OCc3ccccc3)C(COCc3ccc4ccccc4c3)OCc3ccccc3)C2OC)OCc2ccccc2)OC(COCc2ccccc2)C1OC(=O)CCC(C)=O. The number of benzene rings is 10. The van der Waals surface area contributed by atoms with Gasteiger partial charge in [-0.1, -0.05) is 279 Å². The molecule has 117 heavy (non-hydrogen) atoms. The van der Waals surface area contributed by atoms with E-state index < -0.39 is 106 Å². The molecule has 10 aromatic carbocycles. The summed E-state index contributed by atoms with van der Waals surface area (Å²) >= 11 is 0. The van der Waals surface area contributed by atoms with Crippen molar-refractivity contribution in [2.75, 3.05) is 53.9 Å². The van der Waals surface area contributed by atoms with Crippen LogP contribution in [-0.4, -0.2) is 156 Å². The zero-order chi connectivity index (χ0) is 81.1. The molecule has 0 bridgehead atoms. The molecule has 0 aliphatic carbocycles. The van der Waals surface area contributed by atoms with Gasteiger partial charge in [0.2, 0.25) is 0 Å². The molecule has 10 aromatic rings. The van der Waals surface area contributed by atoms with Gasteiger partial charge in [-0.2, -0.15) is 0 Å². The zero-order valence-electron chi connectivity index (χ0n) is 66.2. The molecule has 22 nitrogen and oxygen atoms in total. The van der Waals surface area contributed by atoms with Gasteiger partial charge in [0.15, 0.2) is 18.7 Å². The van der Waals surface area contributed by atoms with Crippen molar-refractivity contribution in [3.8, 4) is 0 Å². The Kier molecular flexibility index (Phi) is 35.2. The van der Waals surface area contributed by atoms with Gasteiger partial charge in [0.25, 0.3) is 0 Å². The Balaban J connectivity index is 0.837. The molecule has 23 heteroatoms. The van der Waals surface area contributed by atoms with Crippen LogP contribution in [0.2, 0.25) is 0 Å². The highest BCUT2D eigenvalue weighted by Gasteiger charge is 2.52. The van der Waals surface area contributed by atoms with Crippen molar-refractivity contribution in [3.63, 3.8) is 0 Å². The predicted octanol–water partition coefficient (Wildman–Crippen LogP) is 15.6. The normalized spacial score (nSPS) is 20.1. The number of hydrogen-bond donors (Lipinski definition) is 1. The van der Waals surface area contributed by atoms with E-state index in [-0.39, 0.29) is 111 Å². The number of ether oxygens (including phenoxy) is 16. The van der Waals surface area contributed by atoms with E-state index in [9.17, 15) is 14.5 Å². The summed E-state index contributed by atoms with van der Waals surface area (Å²) in [6.07, 6.45) is -15.6. The van der Waals surface area contributed by atoms with E-state index in [1.165, 1.54) is 21.1 Å². The van der Waals surface area contributed by atoms with E-state index in [4.69, 9.17) is 84.8 Å². The van der Waals surface area contributed by atoms with Crippen molar-refractivity contribution >= 4 is 30.3 Å². The Morgan fingerprint density at radius 2 is 0.692 bits per heavy atom. The van der Waals surface area contributed by atoms with Gasteiger partial charge < -0.3 is 85.5 Å². The molecular formula is C94H105O22P. The van der Waals surface area contributed by atoms with Gasteiger partial charge >= 0.3 is 13.8 Å². The number of fused-ring (bicyclic) bond motifs is 1. The lowest BCUT2D eigenvalue weighted by Crippen LogP contribution is -2.48. The number of ketones is 1. The molecule has 2 saturated heterocycles. The second-order valence-electron chi connectivity index (χ2n) is 28.7. The molecule has 618 valence electrons. The third-order valence-electron chi connectivity index (χ3n) is 20.0. The van der Waals surface area contributed by atoms with Crippen molar-refractivity contribution < 1.29 is 104 Å². The maximum atomic E-state index is 15.4. The minimum absolute atomic E-state index is 0.00478. The molecule has 0 spiro atoms. The standard InChI is InChI=1S/C94H105O22P/c1-68(95)48-51-86(96)115-89-84(63-101-53-69-30-12-4-13-31-69)113-93(91(89)99-2)110-66-82(106-58-73-38-20-8-21-39-73)88(109-61-76-44-26-11-27-45-76)83(107-59-74-40-22-9-23-41-74)67-112-117(97,98)116-90-85(64-102-54-70-32-14-5-15-33-70)114-94(92(90)100-3)111-65-81(105-57-72-36-18-7-19-37-72)87(108-60-75-42-24-10-25-43-75)80(104-56-71-34-16-6-17-35-71)62-103-55-77-49-50-78-46-28-29-47-79(78)52-77/h4-47,49-50,52,80-85,87-94H,48,51,53-67H2,1-3H3,(H,97,98). The number of Topliss-reactive ketones (excluding diaryl/α,β-unsaturated/α-hetero) is 1. The van der Waals surface area contributed by atoms with Crippen LogP contribution in [0.4, 0.5) is 0 Å². The number of rotatable bonds is 51. The first kappa shape index (κ1) is 87.4. The van der Waals surface area contributed by atoms with Crippen molar-refractivity contribution in [2.45, 2.75) is 165 Å². The predicted molar refractivity (Wildman–Crippen MR) is 437 cm³/mol. The molecule has 0 amide bonds. The summed E-state index contributed by atoms with van der Waals surface area (Å²) in [5.41, 5.74) is 7.79. The molecule has 2 aliphatic rings. The zero-order valence-corrected chi connectivity index (χ0v) is 67.1. The molecule has 15 unspecified atom stereocenters. The topological polar surface area (TPSA) is 238 Å². The maximum Gasteiger partial charge on any atom is 0.472 e. The second kappa shape index (κ2) is 47.0. The molecular weight excluding hydrogens is 1510 g/mol. The first-order valence-corrected chi connectivity index (χ1v) is 41.0. The molecule has 0 aromatic heterocycles. The Bertz CT molecular complexity index is 4510. The fourth-order valence-electron chi connectivity index (χ4n) is 13.8. The molecule has 2 heterocycles. The van der Waals surface area contributed by atoms with Crippen molar-refractivity contribution in [1.82, 2.24) is 0 Å². The van der Waals surface area contributed by atoms with Crippen LogP contribution in [-0.2, 0) is 158 Å². The maximum absolute atomic E-state index is 15.4. The van der Waals surface area contributed by atoms with Crippen LogP contribution in [0.5, 0.6) is 0 Å². The number of methoxy groups -OCH3 is 2. The lowest BCUT2D eigenvalue weighted by Gasteiger charge is -2.35. The van der Waals surface area contributed by atoms with E-state index in [1.54, 1.807) is 0 Å². The van der Waals surface area contributed by atoms with E-state index >= 15 is 4.57 Å². The van der Waals surface area contributed by atoms with E-state index in [0.29, 0.717) is 0 Å². The van der Waals surface area contributed by atoms with Crippen molar-refractivity contribution in [3.05, 3.63) is 335 Å². The molecule has 1 N–H and O–H groups in total. The lowest BCUT2D eigenvalue weighted by molar-refractivity contribution is -0.221. The van der Waals surface area contributed by atoms with E-state index in [0.717, 1.165) is 60.8 Å². The van der Waals surface area contributed by atoms with Crippen LogP contribution >= 0.6 is 7.82 Å². The highest BCUT2D eigenvalue weighted by Crippen LogP contribution is 2.49. The molecule has 2 fully saturated rings. The Hall–Kier alpha value is -8.89. The quantitative estimate of drug-likeness (QED) is 0.0275. The number of carbonyl (C=O) groups is 2. The van der Waals surface area contributed by atoms with Gasteiger partial charge in [-0.3, -0.25) is 13.8 Å². The second-order valence-corrected chi connectivity index (χ2v) is 30.1. The van der Waals surface area contributed by atoms with Gasteiger partial charge in [-0.05, 0) is 73.8 Å². The van der Waals surface area contributed by atoms with Gasteiger partial charge in [-0.25, -0.2) is 4.57 Å². The summed E-state index contributed by atoms with van der Waals surface area (Å²) in [6.45, 7) is 1.26. The number of hydrogen-bond acceptors (Lipinski definition) is 21. The number of esters is 1. The molecule has 2 aliphatic heterocycles. The summed E-state index contributed by atoms with van der Waals surface area (Å²) in [5, 5.41) is 2.20. The minimum Gasteiger partial charge on any atom is -0.456 e. The molecule has 0 radical (unpaired) electrons. The third kappa shape index (κ3) is 28.1. The van der Waals surface area contributed by atoms with E-state index in [1.807, 2.05) is 255 Å². The fourth-order valence-corrected chi connectivity index (χ4v) is 14.7. The van der Waals surface area contributed by atoms with Gasteiger partial charge in [-0.15, -0.1) is 0 Å². The summed E-state index contributed by atoms with van der Waals surface area (Å²) in [6, 6.07) is 91.3. The summed E-state index contributed by atoms with van der Waals surface area (Å²) in [4.78, 5) is 38.1. The van der Waals surface area contributed by atoms with Gasteiger partial charge in [0, 0.05) is 20.6 Å². The van der Waals surface area contributed by atoms with Crippen LogP contribution in [0.1, 0.15) is 69.8 Å². The third-order valence-corrected chi connectivity index (χ3v) is 20.9. The monoisotopic (exact) mass is 1620 g/mol. The number of carbonyl (C=O) groups excluding carboxylic acids is 2. The van der Waals surface area contributed by atoms with Crippen molar-refractivity contribution in [1.29, 1.82) is 0 Å². The first-order valence-electron chi connectivity index (χ1n) is 39.6. The summed E-state index contributed by atoms with van der Waals surface area (Å²) < 4.78 is 135. The molecule has 15 atom stereocenters. The average Bonchev–Trinajstić information content (AvgIpc) is 1.67. The van der Waals surface area contributed by atoms with Crippen LogP contribution in [0.15, 0.2) is 285 Å². The number of phosphoric ester groups is 1. The Morgan fingerprint density at radius 1 is 0.359 bits per heavy atom. The first-order chi connectivity index (χ1) is 57.4. The van der Waals surface area contributed by atoms with Crippen LogP contribution in [0.25, 0.3) is 10.8 Å². The largest absolute Gasteiger partial charge is 0.472 e. The highest BCUT2D eigenvalue weighted by atomic mass is 31.2. The summed E-state index contributed by atoms with van der Waals surface area (Å²) in [5.74, 6) is -0.813. The Morgan fingerprint density at radius 3 is 1.09 bits per heavy atom. The fraction of sp³-hybridized carbons (Fsp3) is 0.362. The molecule has 12 rings (SSSR count). The van der Waals surface area contributed by atoms with Crippen LogP contribution in [0, 0.1) is 0 Å². The van der Waals surface area contributed by atoms with Crippen LogP contribution < -0.4 is 0 Å². The smallest absolute Gasteiger partial charge is 0.456 e. The minimum atomic E-state index is -5.31. The lowest BCUT2D eigenvalue weighted by atomic mass is 10.1.